The lowest BCUT2D eigenvalue weighted by Crippen LogP contribution is -2.42. The number of fused-ring (bicyclic) bond motifs is 1. The standard InChI is InChI=1S/C14H18N4O4/c1-3-4-10(14(21)22)17-12(19)7-9-8(2)16-11-5-6-15-18(11)13(9)20/h5-6,10,15H,3-4,7H2,1-2H3,(H,17,19)(H,21,22). The highest BCUT2D eigenvalue weighted by Crippen LogP contribution is 2.05. The van der Waals surface area contributed by atoms with Crippen LogP contribution in [-0.2, 0) is 16.0 Å². The van der Waals surface area contributed by atoms with Gasteiger partial charge in [-0.1, -0.05) is 13.3 Å². The van der Waals surface area contributed by atoms with Gasteiger partial charge in [0, 0.05) is 23.5 Å². The molecule has 0 aliphatic heterocycles. The van der Waals surface area contributed by atoms with Crippen LogP contribution in [0.25, 0.3) is 5.65 Å². The average molecular weight is 306 g/mol. The highest BCUT2D eigenvalue weighted by molar-refractivity contribution is 5.84. The van der Waals surface area contributed by atoms with E-state index in [-0.39, 0.29) is 17.5 Å². The summed E-state index contributed by atoms with van der Waals surface area (Å²) in [5.41, 5.74) is 0.825. The lowest BCUT2D eigenvalue weighted by Gasteiger charge is -2.13. The number of aliphatic carboxylic acids is 1. The molecule has 2 aromatic rings. The molecule has 1 atom stereocenters. The van der Waals surface area contributed by atoms with Crippen LogP contribution < -0.4 is 10.9 Å². The summed E-state index contributed by atoms with van der Waals surface area (Å²) in [5.74, 6) is -1.59. The van der Waals surface area contributed by atoms with Crippen LogP contribution in [0.2, 0.25) is 0 Å². The molecule has 0 radical (unpaired) electrons. The number of carboxylic acids is 1. The Morgan fingerprint density at radius 2 is 2.23 bits per heavy atom. The number of hydrogen-bond donors (Lipinski definition) is 3. The predicted octanol–water partition coefficient (Wildman–Crippen LogP) is 0.243. The zero-order chi connectivity index (χ0) is 16.3. The van der Waals surface area contributed by atoms with Crippen LogP contribution in [0.4, 0.5) is 0 Å². The predicted molar refractivity (Wildman–Crippen MR) is 78.7 cm³/mol. The van der Waals surface area contributed by atoms with Crippen LogP contribution in [0.3, 0.4) is 0 Å². The first-order valence-electron chi connectivity index (χ1n) is 7.01. The normalized spacial score (nSPS) is 12.3. The highest BCUT2D eigenvalue weighted by atomic mass is 16.4. The molecule has 0 spiro atoms. The topological polar surface area (TPSA) is 117 Å². The third-order valence-corrected chi connectivity index (χ3v) is 3.39. The zero-order valence-corrected chi connectivity index (χ0v) is 12.4. The van der Waals surface area contributed by atoms with Crippen molar-refractivity contribution >= 4 is 17.5 Å². The summed E-state index contributed by atoms with van der Waals surface area (Å²) in [7, 11) is 0. The molecule has 3 N–H and O–H groups in total. The molecular weight excluding hydrogens is 288 g/mol. The molecule has 0 aliphatic rings. The molecule has 0 fully saturated rings. The van der Waals surface area contributed by atoms with Crippen LogP contribution in [0.15, 0.2) is 17.1 Å². The number of nitrogens with zero attached hydrogens (tertiary/aromatic N) is 2. The van der Waals surface area contributed by atoms with Gasteiger partial charge in [0.15, 0.2) is 5.65 Å². The Morgan fingerprint density at radius 3 is 2.86 bits per heavy atom. The van der Waals surface area contributed by atoms with E-state index in [0.29, 0.717) is 24.2 Å². The van der Waals surface area contributed by atoms with Crippen molar-refractivity contribution in [2.75, 3.05) is 0 Å². The van der Waals surface area contributed by atoms with Gasteiger partial charge in [0.25, 0.3) is 5.56 Å². The fraction of sp³-hybridized carbons (Fsp3) is 0.429. The van der Waals surface area contributed by atoms with Crippen molar-refractivity contribution in [2.45, 2.75) is 39.2 Å². The van der Waals surface area contributed by atoms with Gasteiger partial charge in [-0.05, 0) is 13.3 Å². The molecule has 0 bridgehead atoms. The van der Waals surface area contributed by atoms with Gasteiger partial charge in [0.05, 0.1) is 6.42 Å². The third kappa shape index (κ3) is 3.16. The monoisotopic (exact) mass is 306 g/mol. The molecule has 0 aliphatic carbocycles. The number of aromatic amines is 1. The number of nitrogens with one attached hydrogen (secondary N) is 2. The quantitative estimate of drug-likeness (QED) is 0.707. The van der Waals surface area contributed by atoms with Crippen molar-refractivity contribution in [1.29, 1.82) is 0 Å². The Bertz CT molecular complexity index is 762. The van der Waals surface area contributed by atoms with E-state index in [1.165, 1.54) is 4.52 Å². The molecule has 2 rings (SSSR count). The molecule has 1 unspecified atom stereocenters. The van der Waals surface area contributed by atoms with Gasteiger partial charge in [-0.2, -0.15) is 0 Å². The van der Waals surface area contributed by atoms with Gasteiger partial charge in [0.2, 0.25) is 5.91 Å². The Labute approximate surface area is 126 Å². The minimum absolute atomic E-state index is 0.201. The van der Waals surface area contributed by atoms with Crippen molar-refractivity contribution in [2.24, 2.45) is 0 Å². The van der Waals surface area contributed by atoms with Gasteiger partial charge < -0.3 is 10.4 Å². The van der Waals surface area contributed by atoms with E-state index in [0.717, 1.165) is 0 Å². The fourth-order valence-corrected chi connectivity index (χ4v) is 2.26. The number of amides is 1. The molecule has 2 heterocycles. The number of aryl methyl sites for hydroxylation is 1. The maximum Gasteiger partial charge on any atom is 0.326 e. The second-order valence-electron chi connectivity index (χ2n) is 5.06. The van der Waals surface area contributed by atoms with Gasteiger partial charge in [-0.25, -0.2) is 14.3 Å². The lowest BCUT2D eigenvalue weighted by molar-refractivity contribution is -0.141. The number of rotatable bonds is 6. The summed E-state index contributed by atoms with van der Waals surface area (Å²) in [4.78, 5) is 39.6. The summed E-state index contributed by atoms with van der Waals surface area (Å²) >= 11 is 0. The van der Waals surface area contributed by atoms with Crippen LogP contribution in [0.5, 0.6) is 0 Å². The number of carboxylic acid groups (broad SMARTS) is 1. The maximum atomic E-state index is 12.3. The molecule has 8 nitrogen and oxygen atoms in total. The Kier molecular flexibility index (Phi) is 4.59. The van der Waals surface area contributed by atoms with Crippen molar-refractivity contribution in [3.05, 3.63) is 33.9 Å². The van der Waals surface area contributed by atoms with E-state index in [1.54, 1.807) is 19.2 Å². The van der Waals surface area contributed by atoms with Crippen molar-refractivity contribution in [3.63, 3.8) is 0 Å². The minimum Gasteiger partial charge on any atom is -0.480 e. The first-order chi connectivity index (χ1) is 10.4. The van der Waals surface area contributed by atoms with Gasteiger partial charge in [-0.15, -0.1) is 0 Å². The van der Waals surface area contributed by atoms with E-state index in [1.807, 2.05) is 6.92 Å². The Balaban J connectivity index is 2.21. The molecule has 2 aromatic heterocycles. The average Bonchev–Trinajstić information content (AvgIpc) is 2.91. The SMILES string of the molecule is CCCC(NC(=O)Cc1c(C)nc2cc[nH]n2c1=O)C(=O)O. The smallest absolute Gasteiger partial charge is 0.326 e. The highest BCUT2D eigenvalue weighted by Gasteiger charge is 2.21. The summed E-state index contributed by atoms with van der Waals surface area (Å²) in [6, 6.07) is 0.711. The molecule has 1 amide bonds. The second kappa shape index (κ2) is 6.42. The van der Waals surface area contributed by atoms with Gasteiger partial charge in [0.1, 0.15) is 6.04 Å². The summed E-state index contributed by atoms with van der Waals surface area (Å²) in [5, 5.41) is 14.2. The first kappa shape index (κ1) is 15.7. The van der Waals surface area contributed by atoms with Gasteiger partial charge >= 0.3 is 5.97 Å². The molecule has 118 valence electrons. The maximum absolute atomic E-state index is 12.3. The summed E-state index contributed by atoms with van der Waals surface area (Å²) in [6.45, 7) is 3.49. The molecule has 0 saturated heterocycles. The fourth-order valence-electron chi connectivity index (χ4n) is 2.26. The van der Waals surface area contributed by atoms with Crippen LogP contribution >= 0.6 is 0 Å². The van der Waals surface area contributed by atoms with Crippen LogP contribution in [0.1, 0.15) is 31.0 Å². The molecule has 22 heavy (non-hydrogen) atoms. The Hall–Kier alpha value is -2.64. The lowest BCUT2D eigenvalue weighted by atomic mass is 10.1. The van der Waals surface area contributed by atoms with E-state index >= 15 is 0 Å². The largest absolute Gasteiger partial charge is 0.480 e. The zero-order valence-electron chi connectivity index (χ0n) is 12.4. The number of carbonyl (C=O) groups excluding carboxylic acids is 1. The van der Waals surface area contributed by atoms with Crippen LogP contribution in [-0.4, -0.2) is 37.6 Å². The van der Waals surface area contributed by atoms with Gasteiger partial charge in [-0.3, -0.25) is 14.7 Å². The number of carbonyl (C=O) groups is 2. The second-order valence-corrected chi connectivity index (χ2v) is 5.06. The van der Waals surface area contributed by atoms with E-state index in [4.69, 9.17) is 5.11 Å². The van der Waals surface area contributed by atoms with Crippen LogP contribution in [0, 0.1) is 6.92 Å². The number of H-pyrrole nitrogens is 1. The van der Waals surface area contributed by atoms with Crippen molar-refractivity contribution < 1.29 is 14.7 Å². The first-order valence-corrected chi connectivity index (χ1v) is 7.01. The molecule has 8 heteroatoms. The number of aromatic nitrogens is 3. The van der Waals surface area contributed by atoms with Crippen molar-refractivity contribution in [3.8, 4) is 0 Å². The molecular formula is C14H18N4O4. The van der Waals surface area contributed by atoms with Crippen molar-refractivity contribution in [1.82, 2.24) is 19.9 Å². The Morgan fingerprint density at radius 1 is 1.50 bits per heavy atom. The number of hydrogen-bond acceptors (Lipinski definition) is 4. The summed E-state index contributed by atoms with van der Waals surface area (Å²) in [6.07, 6.45) is 2.35. The van der Waals surface area contributed by atoms with E-state index in [2.05, 4.69) is 15.4 Å². The summed E-state index contributed by atoms with van der Waals surface area (Å²) < 4.78 is 1.25. The third-order valence-electron chi connectivity index (χ3n) is 3.39. The minimum atomic E-state index is -1.08. The van der Waals surface area contributed by atoms with E-state index in [9.17, 15) is 14.4 Å². The molecule has 0 saturated carbocycles. The molecule has 0 aromatic carbocycles. The van der Waals surface area contributed by atoms with E-state index < -0.39 is 17.9 Å².